The van der Waals surface area contributed by atoms with Crippen molar-refractivity contribution in [1.82, 2.24) is 0 Å². The Kier molecular flexibility index (Phi) is 2.43. The minimum absolute atomic E-state index is 0.108. The fourth-order valence-corrected chi connectivity index (χ4v) is 1.49. The average Bonchev–Trinajstić information content (AvgIpc) is 2.29. The number of fused-ring (bicyclic) bond motifs is 1. The lowest BCUT2D eigenvalue weighted by Crippen LogP contribution is -2.31. The lowest BCUT2D eigenvalue weighted by atomic mass is 10.0. The van der Waals surface area contributed by atoms with Crippen LogP contribution in [-0.2, 0) is 4.74 Å². The number of hydrogen-bond acceptors (Lipinski definition) is 4. The molecular formula is C11H10O4. The highest BCUT2D eigenvalue weighted by Gasteiger charge is 2.31. The first-order valence-corrected chi connectivity index (χ1v) is 4.45. The summed E-state index contributed by atoms with van der Waals surface area (Å²) >= 11 is 0. The smallest absolute Gasteiger partial charge is 0.233 e. The van der Waals surface area contributed by atoms with Crippen molar-refractivity contribution in [2.75, 3.05) is 7.11 Å². The summed E-state index contributed by atoms with van der Waals surface area (Å²) in [5.41, 5.74) is 0.544. The molecule has 0 saturated heterocycles. The summed E-state index contributed by atoms with van der Waals surface area (Å²) in [6, 6.07) is 6.84. The summed E-state index contributed by atoms with van der Waals surface area (Å²) in [5, 5.41) is 8.95. The van der Waals surface area contributed by atoms with Gasteiger partial charge < -0.3 is 14.6 Å². The number of aliphatic hydroxyl groups excluding tert-OH is 1. The van der Waals surface area contributed by atoms with Gasteiger partial charge in [0.2, 0.25) is 12.1 Å². The number of rotatable bonds is 1. The third kappa shape index (κ3) is 1.49. The predicted octanol–water partition coefficient (Wildman–Crippen LogP) is 1.68. The molecule has 0 radical (unpaired) electrons. The van der Waals surface area contributed by atoms with Gasteiger partial charge in [-0.05, 0) is 12.1 Å². The number of aliphatic hydroxyl groups is 1. The van der Waals surface area contributed by atoms with Crippen LogP contribution in [-0.4, -0.2) is 24.3 Å². The minimum Gasteiger partial charge on any atom is -0.515 e. The van der Waals surface area contributed by atoms with E-state index < -0.39 is 6.29 Å². The molecule has 1 unspecified atom stereocenters. The number of ether oxygens (including phenoxy) is 2. The normalized spacial score (nSPS) is 22.3. The number of carbonyl (C=O) groups excluding carboxylic acids is 1. The van der Waals surface area contributed by atoms with Crippen LogP contribution in [0.3, 0.4) is 0 Å². The Labute approximate surface area is 86.7 Å². The minimum atomic E-state index is -0.836. The molecule has 1 N–H and O–H groups in total. The van der Waals surface area contributed by atoms with E-state index in [1.54, 1.807) is 24.3 Å². The third-order valence-corrected chi connectivity index (χ3v) is 2.23. The molecule has 1 atom stereocenters. The number of hydrogen-bond donors (Lipinski definition) is 1. The van der Waals surface area contributed by atoms with Gasteiger partial charge in [0, 0.05) is 7.11 Å². The van der Waals surface area contributed by atoms with Crippen LogP contribution in [0, 0.1) is 0 Å². The maximum Gasteiger partial charge on any atom is 0.233 e. The van der Waals surface area contributed by atoms with Gasteiger partial charge in [0.05, 0.1) is 11.8 Å². The van der Waals surface area contributed by atoms with Gasteiger partial charge in [-0.2, -0.15) is 0 Å². The quantitative estimate of drug-likeness (QED) is 0.561. The van der Waals surface area contributed by atoms with Gasteiger partial charge in [-0.25, -0.2) is 0 Å². The van der Waals surface area contributed by atoms with Crippen molar-refractivity contribution in [3.8, 4) is 5.75 Å². The lowest BCUT2D eigenvalue weighted by Gasteiger charge is -2.25. The number of ketones is 1. The lowest BCUT2D eigenvalue weighted by molar-refractivity contribution is -0.0296. The van der Waals surface area contributed by atoms with E-state index in [9.17, 15) is 4.79 Å². The van der Waals surface area contributed by atoms with Gasteiger partial charge in [-0.3, -0.25) is 4.79 Å². The van der Waals surface area contributed by atoms with Crippen LogP contribution in [0.15, 0.2) is 36.1 Å². The van der Waals surface area contributed by atoms with E-state index >= 15 is 0 Å². The Hall–Kier alpha value is -1.81. The van der Waals surface area contributed by atoms with Crippen LogP contribution in [0.5, 0.6) is 5.75 Å². The van der Waals surface area contributed by atoms with E-state index in [0.717, 1.165) is 6.26 Å². The Balaban J connectivity index is 2.50. The van der Waals surface area contributed by atoms with E-state index in [0.29, 0.717) is 11.3 Å². The van der Waals surface area contributed by atoms with Crippen molar-refractivity contribution in [2.45, 2.75) is 6.29 Å². The first-order valence-electron chi connectivity index (χ1n) is 4.45. The summed E-state index contributed by atoms with van der Waals surface area (Å²) in [5.74, 6) is 0.200. The van der Waals surface area contributed by atoms with Gasteiger partial charge in [0.1, 0.15) is 11.3 Å². The summed E-state index contributed by atoms with van der Waals surface area (Å²) in [6.07, 6.45) is -0.107. The van der Waals surface area contributed by atoms with Crippen molar-refractivity contribution < 1.29 is 19.4 Å². The van der Waals surface area contributed by atoms with Gasteiger partial charge in [0.25, 0.3) is 0 Å². The van der Waals surface area contributed by atoms with Crippen LogP contribution in [0.4, 0.5) is 0 Å². The molecule has 15 heavy (non-hydrogen) atoms. The molecule has 1 aromatic carbocycles. The highest BCUT2D eigenvalue weighted by molar-refractivity contribution is 6.11. The molecule has 0 bridgehead atoms. The van der Waals surface area contributed by atoms with Gasteiger partial charge >= 0.3 is 0 Å². The summed E-state index contributed by atoms with van der Waals surface area (Å²) < 4.78 is 10.3. The average molecular weight is 206 g/mol. The highest BCUT2D eigenvalue weighted by atomic mass is 16.7. The van der Waals surface area contributed by atoms with Crippen molar-refractivity contribution in [3.05, 3.63) is 41.7 Å². The molecular weight excluding hydrogens is 196 g/mol. The maximum absolute atomic E-state index is 11.8. The van der Waals surface area contributed by atoms with E-state index in [2.05, 4.69) is 0 Å². The fourth-order valence-electron chi connectivity index (χ4n) is 1.49. The number of methoxy groups -OCH3 is 1. The Bertz CT molecular complexity index is 422. The molecule has 4 heteroatoms. The SMILES string of the molecule is COC1Oc2ccccc2C(=O)/C1=C\O. The Morgan fingerprint density at radius 2 is 2.20 bits per heavy atom. The molecule has 0 saturated carbocycles. The number of carbonyl (C=O) groups is 1. The molecule has 2 rings (SSSR count). The van der Waals surface area contributed by atoms with Crippen LogP contribution in [0.25, 0.3) is 0 Å². The van der Waals surface area contributed by atoms with E-state index in [1.807, 2.05) is 0 Å². The summed E-state index contributed by atoms with van der Waals surface area (Å²) in [4.78, 5) is 11.8. The standard InChI is InChI=1S/C11H10O4/c1-14-11-8(6-12)10(13)7-4-2-3-5-9(7)15-11/h2-6,11-12H,1H3/b8-6+. The van der Waals surface area contributed by atoms with E-state index in [-0.39, 0.29) is 11.4 Å². The van der Waals surface area contributed by atoms with Crippen molar-refractivity contribution in [1.29, 1.82) is 0 Å². The highest BCUT2D eigenvalue weighted by Crippen LogP contribution is 2.30. The zero-order chi connectivity index (χ0) is 10.8. The molecule has 0 aromatic heterocycles. The van der Waals surface area contributed by atoms with E-state index in [1.165, 1.54) is 7.11 Å². The number of Topliss-reactive ketones (excluding diaryl/α,β-unsaturated/α-hetero) is 1. The molecule has 0 fully saturated rings. The predicted molar refractivity (Wildman–Crippen MR) is 52.9 cm³/mol. The second-order valence-corrected chi connectivity index (χ2v) is 3.10. The summed E-state index contributed by atoms with van der Waals surface area (Å²) in [7, 11) is 1.41. The number of benzene rings is 1. The molecule has 0 aliphatic carbocycles. The van der Waals surface area contributed by atoms with Crippen LogP contribution in [0.2, 0.25) is 0 Å². The van der Waals surface area contributed by atoms with Crippen LogP contribution >= 0.6 is 0 Å². The first kappa shape index (κ1) is 9.73. The van der Waals surface area contributed by atoms with Crippen molar-refractivity contribution >= 4 is 5.78 Å². The number of para-hydroxylation sites is 1. The van der Waals surface area contributed by atoms with Gasteiger partial charge in [-0.1, -0.05) is 12.1 Å². The van der Waals surface area contributed by atoms with Crippen LogP contribution in [0.1, 0.15) is 10.4 Å². The van der Waals surface area contributed by atoms with Gasteiger partial charge in [-0.15, -0.1) is 0 Å². The van der Waals surface area contributed by atoms with Crippen molar-refractivity contribution in [2.24, 2.45) is 0 Å². The summed E-state index contributed by atoms with van der Waals surface area (Å²) in [6.45, 7) is 0. The molecule has 1 aliphatic heterocycles. The molecule has 1 heterocycles. The molecule has 0 amide bonds. The largest absolute Gasteiger partial charge is 0.515 e. The topological polar surface area (TPSA) is 55.8 Å². The fraction of sp³-hybridized carbons (Fsp3) is 0.182. The van der Waals surface area contributed by atoms with Gasteiger partial charge in [0.15, 0.2) is 0 Å². The second-order valence-electron chi connectivity index (χ2n) is 3.10. The Morgan fingerprint density at radius 1 is 1.47 bits per heavy atom. The first-order chi connectivity index (χ1) is 7.27. The monoisotopic (exact) mass is 206 g/mol. The third-order valence-electron chi connectivity index (χ3n) is 2.23. The molecule has 78 valence electrons. The molecule has 0 spiro atoms. The van der Waals surface area contributed by atoms with Crippen molar-refractivity contribution in [3.63, 3.8) is 0 Å². The maximum atomic E-state index is 11.8. The molecule has 1 aliphatic rings. The molecule has 4 nitrogen and oxygen atoms in total. The molecule has 1 aromatic rings. The zero-order valence-electron chi connectivity index (χ0n) is 8.14. The zero-order valence-corrected chi connectivity index (χ0v) is 8.14. The van der Waals surface area contributed by atoms with E-state index in [4.69, 9.17) is 14.6 Å². The van der Waals surface area contributed by atoms with Crippen LogP contribution < -0.4 is 4.74 Å². The second kappa shape index (κ2) is 3.74. The Morgan fingerprint density at radius 3 is 2.87 bits per heavy atom.